The van der Waals surface area contributed by atoms with Gasteiger partial charge < -0.3 is 5.73 Å². The molecule has 76 valence electrons. The Bertz CT molecular complexity index is 358. The van der Waals surface area contributed by atoms with E-state index in [-0.39, 0.29) is 11.0 Å². The minimum atomic E-state index is 0.0971. The van der Waals surface area contributed by atoms with Crippen LogP contribution in [-0.4, -0.2) is 15.3 Å². The highest BCUT2D eigenvalue weighted by Crippen LogP contribution is 2.63. The van der Waals surface area contributed by atoms with Crippen LogP contribution in [0.2, 0.25) is 0 Å². The van der Waals surface area contributed by atoms with Gasteiger partial charge in [-0.05, 0) is 38.7 Å². The van der Waals surface area contributed by atoms with Crippen molar-refractivity contribution in [3.63, 3.8) is 0 Å². The number of hydrogen-bond acceptors (Lipinski definition) is 2. The van der Waals surface area contributed by atoms with Crippen molar-refractivity contribution < 1.29 is 0 Å². The molecular weight excluding hydrogens is 174 g/mol. The largest absolute Gasteiger partial charge is 0.324 e. The minimum Gasteiger partial charge on any atom is -0.324 e. The molecular formula is C11H17N3. The Hall–Kier alpha value is -0.830. The highest BCUT2D eigenvalue weighted by molar-refractivity contribution is 5.35. The van der Waals surface area contributed by atoms with Crippen LogP contribution < -0.4 is 5.73 Å². The third-order valence-corrected chi connectivity index (χ3v) is 3.95. The Morgan fingerprint density at radius 1 is 1.43 bits per heavy atom. The molecule has 1 aromatic heterocycles. The van der Waals surface area contributed by atoms with Crippen molar-refractivity contribution in [1.29, 1.82) is 0 Å². The predicted octanol–water partition coefficient (Wildman–Crippen LogP) is 1.43. The zero-order chi connectivity index (χ0) is 9.81. The molecule has 0 spiro atoms. The van der Waals surface area contributed by atoms with Crippen LogP contribution in [0.3, 0.4) is 0 Å². The molecule has 0 radical (unpaired) electrons. The van der Waals surface area contributed by atoms with E-state index >= 15 is 0 Å². The molecule has 0 atom stereocenters. The SMILES string of the molecule is CCn1ccc(C2(C3(N)CC3)CC2)n1. The average molecular weight is 191 g/mol. The summed E-state index contributed by atoms with van der Waals surface area (Å²) in [6.07, 6.45) is 6.92. The third-order valence-electron chi connectivity index (χ3n) is 3.95. The summed E-state index contributed by atoms with van der Waals surface area (Å²) in [5.74, 6) is 0. The first-order valence-electron chi connectivity index (χ1n) is 5.53. The lowest BCUT2D eigenvalue weighted by atomic mass is 9.91. The maximum atomic E-state index is 6.32. The van der Waals surface area contributed by atoms with E-state index in [0.29, 0.717) is 0 Å². The second kappa shape index (κ2) is 2.40. The second-order valence-corrected chi connectivity index (χ2v) is 4.79. The smallest absolute Gasteiger partial charge is 0.0704 e. The van der Waals surface area contributed by atoms with Gasteiger partial charge in [-0.1, -0.05) is 0 Å². The zero-order valence-corrected chi connectivity index (χ0v) is 8.66. The van der Waals surface area contributed by atoms with Crippen LogP contribution in [0.1, 0.15) is 38.3 Å². The molecule has 3 heteroatoms. The van der Waals surface area contributed by atoms with Gasteiger partial charge in [-0.2, -0.15) is 5.10 Å². The molecule has 14 heavy (non-hydrogen) atoms. The first kappa shape index (κ1) is 8.48. The number of rotatable bonds is 3. The summed E-state index contributed by atoms with van der Waals surface area (Å²) in [5, 5.41) is 4.61. The quantitative estimate of drug-likeness (QED) is 0.785. The van der Waals surface area contributed by atoms with Crippen LogP contribution >= 0.6 is 0 Å². The van der Waals surface area contributed by atoms with Gasteiger partial charge in [0.15, 0.2) is 0 Å². The monoisotopic (exact) mass is 191 g/mol. The van der Waals surface area contributed by atoms with Gasteiger partial charge in [0, 0.05) is 23.7 Å². The Balaban J connectivity index is 1.94. The summed E-state index contributed by atoms with van der Waals surface area (Å²) < 4.78 is 2.00. The van der Waals surface area contributed by atoms with E-state index in [0.717, 1.165) is 6.54 Å². The molecule has 2 aliphatic carbocycles. The molecule has 0 saturated heterocycles. The predicted molar refractivity (Wildman–Crippen MR) is 55.0 cm³/mol. The second-order valence-electron chi connectivity index (χ2n) is 4.79. The van der Waals surface area contributed by atoms with Crippen LogP contribution in [0.25, 0.3) is 0 Å². The molecule has 0 amide bonds. The summed E-state index contributed by atoms with van der Waals surface area (Å²) in [5.41, 5.74) is 7.91. The van der Waals surface area contributed by atoms with Crippen LogP contribution in [0.5, 0.6) is 0 Å². The molecule has 2 saturated carbocycles. The van der Waals surface area contributed by atoms with Gasteiger partial charge in [-0.25, -0.2) is 0 Å². The van der Waals surface area contributed by atoms with E-state index < -0.39 is 0 Å². The van der Waals surface area contributed by atoms with Gasteiger partial charge in [0.05, 0.1) is 5.69 Å². The molecule has 3 rings (SSSR count). The molecule has 2 aliphatic rings. The molecule has 0 bridgehead atoms. The minimum absolute atomic E-state index is 0.0971. The average Bonchev–Trinajstić information content (AvgIpc) is 3.08. The summed E-state index contributed by atoms with van der Waals surface area (Å²) in [4.78, 5) is 0. The van der Waals surface area contributed by atoms with Crippen molar-refractivity contribution in [2.75, 3.05) is 0 Å². The molecule has 0 unspecified atom stereocenters. The lowest BCUT2D eigenvalue weighted by molar-refractivity contribution is 0.480. The van der Waals surface area contributed by atoms with Crippen molar-refractivity contribution in [3.05, 3.63) is 18.0 Å². The summed E-state index contributed by atoms with van der Waals surface area (Å²) in [7, 11) is 0. The number of nitrogens with zero attached hydrogens (tertiary/aromatic N) is 2. The first-order chi connectivity index (χ1) is 6.70. The van der Waals surface area contributed by atoms with Crippen LogP contribution in [-0.2, 0) is 12.0 Å². The van der Waals surface area contributed by atoms with E-state index in [1.165, 1.54) is 31.4 Å². The fourth-order valence-corrected chi connectivity index (χ4v) is 2.54. The van der Waals surface area contributed by atoms with Gasteiger partial charge >= 0.3 is 0 Å². The van der Waals surface area contributed by atoms with Crippen LogP contribution in [0.4, 0.5) is 0 Å². The molecule has 3 nitrogen and oxygen atoms in total. The molecule has 1 heterocycles. The topological polar surface area (TPSA) is 43.8 Å². The Kier molecular flexibility index (Phi) is 1.45. The van der Waals surface area contributed by atoms with Gasteiger partial charge in [0.25, 0.3) is 0 Å². The third kappa shape index (κ3) is 0.934. The molecule has 2 fully saturated rings. The number of hydrogen-bond donors (Lipinski definition) is 1. The van der Waals surface area contributed by atoms with E-state index in [4.69, 9.17) is 5.73 Å². The first-order valence-corrected chi connectivity index (χ1v) is 5.53. The highest BCUT2D eigenvalue weighted by Gasteiger charge is 2.65. The van der Waals surface area contributed by atoms with Gasteiger partial charge in [0.2, 0.25) is 0 Å². The standard InChI is InChI=1S/C11H17N3/c1-2-14-8-3-9(13-14)10(4-5-10)11(12)6-7-11/h3,8H,2,4-7,12H2,1H3. The molecule has 2 N–H and O–H groups in total. The van der Waals surface area contributed by atoms with E-state index in [1.807, 2.05) is 4.68 Å². The fourth-order valence-electron chi connectivity index (χ4n) is 2.54. The summed E-state index contributed by atoms with van der Waals surface area (Å²) >= 11 is 0. The Morgan fingerprint density at radius 2 is 2.14 bits per heavy atom. The maximum Gasteiger partial charge on any atom is 0.0704 e. The van der Waals surface area contributed by atoms with Gasteiger partial charge in [0.1, 0.15) is 0 Å². The Morgan fingerprint density at radius 3 is 2.57 bits per heavy atom. The van der Waals surface area contributed by atoms with Crippen molar-refractivity contribution in [1.82, 2.24) is 9.78 Å². The number of aryl methyl sites for hydroxylation is 1. The molecule has 0 aliphatic heterocycles. The lowest BCUT2D eigenvalue weighted by Crippen LogP contribution is -2.37. The number of aromatic nitrogens is 2. The van der Waals surface area contributed by atoms with Crippen molar-refractivity contribution >= 4 is 0 Å². The van der Waals surface area contributed by atoms with Crippen molar-refractivity contribution in [2.45, 2.75) is 50.1 Å². The summed E-state index contributed by atoms with van der Waals surface area (Å²) in [6, 6.07) is 2.16. The van der Waals surface area contributed by atoms with Crippen molar-refractivity contribution in [3.8, 4) is 0 Å². The number of nitrogens with two attached hydrogens (primary N) is 1. The van der Waals surface area contributed by atoms with Crippen LogP contribution in [0.15, 0.2) is 12.3 Å². The highest BCUT2D eigenvalue weighted by atomic mass is 15.3. The normalized spacial score (nSPS) is 26.1. The Labute approximate surface area is 84.3 Å². The van der Waals surface area contributed by atoms with Gasteiger partial charge in [-0.15, -0.1) is 0 Å². The van der Waals surface area contributed by atoms with Gasteiger partial charge in [-0.3, -0.25) is 4.68 Å². The van der Waals surface area contributed by atoms with Crippen molar-refractivity contribution in [2.24, 2.45) is 5.73 Å². The van der Waals surface area contributed by atoms with Crippen LogP contribution in [0, 0.1) is 0 Å². The summed E-state index contributed by atoms with van der Waals surface area (Å²) in [6.45, 7) is 3.07. The molecule has 1 aromatic rings. The zero-order valence-electron chi connectivity index (χ0n) is 8.66. The maximum absolute atomic E-state index is 6.32. The van der Waals surface area contributed by atoms with E-state index in [9.17, 15) is 0 Å². The van der Waals surface area contributed by atoms with E-state index in [2.05, 4.69) is 24.3 Å². The lowest BCUT2D eigenvalue weighted by Gasteiger charge is -2.20. The van der Waals surface area contributed by atoms with E-state index in [1.54, 1.807) is 0 Å². The molecule has 0 aromatic carbocycles. The fraction of sp³-hybridized carbons (Fsp3) is 0.727.